The summed E-state index contributed by atoms with van der Waals surface area (Å²) in [5, 5.41) is 4.99. The number of pyridine rings is 1. The molecule has 0 saturated carbocycles. The number of hydrogen-bond acceptors (Lipinski definition) is 1. The predicted octanol–water partition coefficient (Wildman–Crippen LogP) is 13.9. The molecule has 11 aromatic rings. The van der Waals surface area contributed by atoms with Gasteiger partial charge in [-0.05, 0) is 71.3 Å². The van der Waals surface area contributed by atoms with E-state index in [1.54, 1.807) is 0 Å². The van der Waals surface area contributed by atoms with E-state index in [4.69, 9.17) is 4.98 Å². The summed E-state index contributed by atoms with van der Waals surface area (Å²) in [6.45, 7) is 0. The van der Waals surface area contributed by atoms with E-state index >= 15 is 0 Å². The molecule has 0 aliphatic rings. The van der Waals surface area contributed by atoms with Crippen LogP contribution in [0.3, 0.4) is 0 Å². The molecule has 11 rings (SSSR count). The van der Waals surface area contributed by atoms with Crippen LogP contribution in [0.15, 0.2) is 212 Å². The summed E-state index contributed by atoms with van der Waals surface area (Å²) in [5.41, 5.74) is 15.7. The number of aromatic nitrogens is 3. The van der Waals surface area contributed by atoms with Gasteiger partial charge in [0, 0.05) is 43.9 Å². The van der Waals surface area contributed by atoms with Crippen molar-refractivity contribution in [3.63, 3.8) is 0 Å². The van der Waals surface area contributed by atoms with E-state index in [1.165, 1.54) is 49.2 Å². The second-order valence-electron chi connectivity index (χ2n) is 14.4. The molecule has 3 heterocycles. The predicted molar refractivity (Wildman–Crippen MR) is 235 cm³/mol. The van der Waals surface area contributed by atoms with Crippen molar-refractivity contribution in [1.29, 1.82) is 0 Å². The summed E-state index contributed by atoms with van der Waals surface area (Å²) in [6, 6.07) is 76.3. The average molecular weight is 714 g/mol. The summed E-state index contributed by atoms with van der Waals surface area (Å²) in [6.07, 6.45) is 0. The molecule has 0 amide bonds. The first kappa shape index (κ1) is 32.0. The molecule has 0 bridgehead atoms. The third-order valence-corrected chi connectivity index (χ3v) is 11.1. The molecular weight excluding hydrogens is 679 g/mol. The van der Waals surface area contributed by atoms with Crippen LogP contribution in [-0.4, -0.2) is 14.1 Å². The van der Waals surface area contributed by atoms with Gasteiger partial charge in [0.15, 0.2) is 0 Å². The minimum Gasteiger partial charge on any atom is -0.309 e. The number of fused-ring (bicyclic) bond motifs is 6. The molecule has 0 unspecified atom stereocenters. The van der Waals surface area contributed by atoms with Crippen LogP contribution < -0.4 is 0 Å². The second kappa shape index (κ2) is 13.1. The highest BCUT2D eigenvalue weighted by molar-refractivity contribution is 6.11. The van der Waals surface area contributed by atoms with E-state index < -0.39 is 0 Å². The highest BCUT2D eigenvalue weighted by atomic mass is 15.0. The van der Waals surface area contributed by atoms with Crippen LogP contribution in [0.1, 0.15) is 0 Å². The molecule has 0 fully saturated rings. The van der Waals surface area contributed by atoms with Crippen LogP contribution in [0, 0.1) is 0 Å². The molecule has 3 heteroatoms. The van der Waals surface area contributed by atoms with Gasteiger partial charge in [0.05, 0.1) is 39.1 Å². The van der Waals surface area contributed by atoms with Gasteiger partial charge >= 0.3 is 0 Å². The van der Waals surface area contributed by atoms with Crippen molar-refractivity contribution < 1.29 is 0 Å². The zero-order valence-electron chi connectivity index (χ0n) is 30.5. The van der Waals surface area contributed by atoms with Gasteiger partial charge in [0.25, 0.3) is 0 Å². The number of nitrogens with zero attached hydrogens (tertiary/aromatic N) is 3. The molecule has 0 radical (unpaired) electrons. The fourth-order valence-electron chi connectivity index (χ4n) is 8.53. The van der Waals surface area contributed by atoms with Gasteiger partial charge in [-0.1, -0.05) is 158 Å². The molecule has 3 nitrogen and oxygen atoms in total. The summed E-state index contributed by atoms with van der Waals surface area (Å²) in [5.74, 6) is 0. The molecule has 0 aliphatic heterocycles. The van der Waals surface area contributed by atoms with Crippen LogP contribution >= 0.6 is 0 Å². The maximum absolute atomic E-state index is 5.23. The lowest BCUT2D eigenvalue weighted by Gasteiger charge is -2.18. The summed E-state index contributed by atoms with van der Waals surface area (Å²) in [7, 11) is 0. The van der Waals surface area contributed by atoms with Crippen molar-refractivity contribution in [1.82, 2.24) is 14.1 Å². The Morgan fingerprint density at radius 1 is 0.286 bits per heavy atom. The van der Waals surface area contributed by atoms with Gasteiger partial charge in [-0.15, -0.1) is 0 Å². The lowest BCUT2D eigenvalue weighted by Crippen LogP contribution is -2.01. The summed E-state index contributed by atoms with van der Waals surface area (Å²) >= 11 is 0. The number of hydrogen-bond donors (Lipinski definition) is 0. The van der Waals surface area contributed by atoms with Crippen molar-refractivity contribution in [2.75, 3.05) is 0 Å². The second-order valence-corrected chi connectivity index (χ2v) is 14.4. The summed E-state index contributed by atoms with van der Waals surface area (Å²) < 4.78 is 4.84. The first-order valence-corrected chi connectivity index (χ1v) is 19.1. The quantitative estimate of drug-likeness (QED) is 0.168. The molecule has 0 spiro atoms. The zero-order valence-corrected chi connectivity index (χ0v) is 30.5. The lowest BCUT2D eigenvalue weighted by molar-refractivity contribution is 1.15. The Bertz CT molecular complexity index is 3060. The smallest absolute Gasteiger partial charge is 0.0715 e. The SMILES string of the molecule is c1ccc(-c2cc(-c3ccccc3)nc(-c3ccc(-c4cc(-n5c6ccccc6c6ccccc65)ccc4-n4c5ccccc5c5ccccc54)cc3)c2)cc1. The molecule has 0 N–H and O–H groups in total. The maximum Gasteiger partial charge on any atom is 0.0715 e. The Kier molecular flexibility index (Phi) is 7.49. The van der Waals surface area contributed by atoms with Crippen LogP contribution in [0.4, 0.5) is 0 Å². The van der Waals surface area contributed by atoms with E-state index in [0.717, 1.165) is 50.6 Å². The van der Waals surface area contributed by atoms with E-state index in [-0.39, 0.29) is 0 Å². The maximum atomic E-state index is 5.23. The molecule has 56 heavy (non-hydrogen) atoms. The van der Waals surface area contributed by atoms with Crippen molar-refractivity contribution in [3.8, 4) is 56.1 Å². The van der Waals surface area contributed by atoms with Gasteiger partial charge < -0.3 is 9.13 Å². The molecule has 0 aliphatic carbocycles. The highest BCUT2D eigenvalue weighted by Gasteiger charge is 2.19. The van der Waals surface area contributed by atoms with E-state index in [0.29, 0.717) is 0 Å². The van der Waals surface area contributed by atoms with Crippen LogP contribution in [0.25, 0.3) is 99.8 Å². The largest absolute Gasteiger partial charge is 0.309 e. The highest BCUT2D eigenvalue weighted by Crippen LogP contribution is 2.40. The monoisotopic (exact) mass is 713 g/mol. The van der Waals surface area contributed by atoms with E-state index in [9.17, 15) is 0 Å². The Morgan fingerprint density at radius 3 is 1.21 bits per heavy atom. The van der Waals surface area contributed by atoms with Crippen LogP contribution in [0.5, 0.6) is 0 Å². The Labute approximate surface area is 325 Å². The van der Waals surface area contributed by atoms with Gasteiger partial charge in [0.2, 0.25) is 0 Å². The topological polar surface area (TPSA) is 22.8 Å². The third-order valence-electron chi connectivity index (χ3n) is 11.1. The van der Waals surface area contributed by atoms with Crippen molar-refractivity contribution in [2.45, 2.75) is 0 Å². The fourth-order valence-corrected chi connectivity index (χ4v) is 8.53. The first-order valence-electron chi connectivity index (χ1n) is 19.1. The fraction of sp³-hybridized carbons (Fsp3) is 0. The Balaban J connectivity index is 1.12. The van der Waals surface area contributed by atoms with E-state index in [1.807, 2.05) is 6.07 Å². The Morgan fingerprint density at radius 2 is 0.696 bits per heavy atom. The van der Waals surface area contributed by atoms with Crippen LogP contribution in [0.2, 0.25) is 0 Å². The minimum atomic E-state index is 0.943. The molecule has 8 aromatic carbocycles. The van der Waals surface area contributed by atoms with E-state index in [2.05, 4.69) is 215 Å². The van der Waals surface area contributed by atoms with Gasteiger partial charge in [-0.2, -0.15) is 0 Å². The lowest BCUT2D eigenvalue weighted by atomic mass is 9.97. The molecule has 0 saturated heterocycles. The van der Waals surface area contributed by atoms with Crippen LogP contribution in [-0.2, 0) is 0 Å². The summed E-state index contributed by atoms with van der Waals surface area (Å²) in [4.78, 5) is 5.23. The molecule has 0 atom stereocenters. The molecule has 3 aromatic heterocycles. The average Bonchev–Trinajstić information content (AvgIpc) is 3.80. The number of benzene rings is 8. The van der Waals surface area contributed by atoms with Crippen molar-refractivity contribution >= 4 is 43.6 Å². The van der Waals surface area contributed by atoms with Gasteiger partial charge in [-0.25, -0.2) is 4.98 Å². The zero-order chi connectivity index (χ0) is 37.0. The van der Waals surface area contributed by atoms with Crippen molar-refractivity contribution in [2.24, 2.45) is 0 Å². The van der Waals surface area contributed by atoms with Gasteiger partial charge in [0.1, 0.15) is 0 Å². The minimum absolute atomic E-state index is 0.943. The number of para-hydroxylation sites is 4. The van der Waals surface area contributed by atoms with Crippen molar-refractivity contribution in [3.05, 3.63) is 212 Å². The number of rotatable bonds is 6. The molecular formula is C53H35N3. The normalized spacial score (nSPS) is 11.6. The Hall–Kier alpha value is -7.49. The standard InChI is InChI=1S/C53H35N3/c1-3-15-36(16-4-1)40-33-47(38-17-5-2-6-18-38)54-48(34-40)39-29-27-37(28-30-39)46-35-41(55-49-23-11-7-19-42(49)43-20-8-12-24-50(43)55)31-32-53(46)56-51-25-13-9-21-44(51)45-22-10-14-26-52(45)56/h1-35H. The van der Waals surface area contributed by atoms with Gasteiger partial charge in [-0.3, -0.25) is 0 Å². The third kappa shape index (κ3) is 5.25. The first-order chi connectivity index (χ1) is 27.8. The molecule has 262 valence electrons.